The summed E-state index contributed by atoms with van der Waals surface area (Å²) in [6, 6.07) is 3.44. The van der Waals surface area contributed by atoms with Gasteiger partial charge in [-0.1, -0.05) is 6.07 Å². The van der Waals surface area contributed by atoms with Gasteiger partial charge in [0.05, 0.1) is 4.92 Å². The minimum absolute atomic E-state index is 0.404. The molecule has 2 N–H and O–H groups in total. The molecule has 110 valence electrons. The summed E-state index contributed by atoms with van der Waals surface area (Å²) in [6.45, 7) is 1.92. The SMILES string of the molecule is Cc1ccc([N+](=O)[O-])c(NC(C)(C(=O)O)C(F)(F)F)c1. The Bertz CT molecular complexity index is 559. The molecule has 1 unspecified atom stereocenters. The molecule has 9 heteroatoms. The third-order valence-electron chi connectivity index (χ3n) is 2.73. The summed E-state index contributed by atoms with van der Waals surface area (Å²) < 4.78 is 38.6. The maximum atomic E-state index is 12.9. The molecule has 0 aromatic heterocycles. The van der Waals surface area contributed by atoms with Crippen LogP contribution in [-0.2, 0) is 4.79 Å². The molecule has 0 amide bonds. The van der Waals surface area contributed by atoms with Gasteiger partial charge in [-0.2, -0.15) is 13.2 Å². The van der Waals surface area contributed by atoms with Crippen molar-refractivity contribution in [3.63, 3.8) is 0 Å². The molecule has 0 aliphatic carbocycles. The Hall–Kier alpha value is -2.32. The number of nitro benzene ring substituents is 1. The number of hydrogen-bond acceptors (Lipinski definition) is 4. The van der Waals surface area contributed by atoms with Crippen molar-refractivity contribution in [3.8, 4) is 0 Å². The predicted molar refractivity (Wildman–Crippen MR) is 63.6 cm³/mol. The first-order valence-electron chi connectivity index (χ1n) is 5.32. The number of anilines is 1. The van der Waals surface area contributed by atoms with Crippen LogP contribution in [0.3, 0.4) is 0 Å². The van der Waals surface area contributed by atoms with Crippen molar-refractivity contribution in [1.82, 2.24) is 0 Å². The molecule has 1 rings (SSSR count). The number of halogens is 3. The average molecular weight is 292 g/mol. The molecular formula is C11H11F3N2O4. The molecule has 1 aromatic carbocycles. The number of aryl methyl sites for hydroxylation is 1. The van der Waals surface area contributed by atoms with E-state index in [-0.39, 0.29) is 0 Å². The van der Waals surface area contributed by atoms with Gasteiger partial charge in [0.25, 0.3) is 5.69 Å². The smallest absolute Gasteiger partial charge is 0.422 e. The number of rotatable bonds is 4. The van der Waals surface area contributed by atoms with Crippen LogP contribution in [0.5, 0.6) is 0 Å². The predicted octanol–water partition coefficient (Wildman–Crippen LogP) is 2.72. The summed E-state index contributed by atoms with van der Waals surface area (Å²) in [5, 5.41) is 21.3. The number of nitro groups is 1. The highest BCUT2D eigenvalue weighted by atomic mass is 19.4. The van der Waals surface area contributed by atoms with Crippen LogP contribution in [0, 0.1) is 17.0 Å². The van der Waals surface area contributed by atoms with Gasteiger partial charge in [-0.3, -0.25) is 10.1 Å². The topological polar surface area (TPSA) is 92.5 Å². The van der Waals surface area contributed by atoms with Crippen LogP contribution in [0.2, 0.25) is 0 Å². The number of carboxylic acids is 1. The number of nitrogens with one attached hydrogen (secondary N) is 1. The summed E-state index contributed by atoms with van der Waals surface area (Å²) in [5.74, 6) is -2.18. The molecule has 0 spiro atoms. The molecule has 0 heterocycles. The lowest BCUT2D eigenvalue weighted by molar-refractivity contribution is -0.384. The van der Waals surface area contributed by atoms with Crippen LogP contribution < -0.4 is 5.32 Å². The van der Waals surface area contributed by atoms with E-state index < -0.39 is 34.0 Å². The largest absolute Gasteiger partial charge is 0.479 e. The number of aliphatic carboxylic acids is 1. The summed E-state index contributed by atoms with van der Waals surface area (Å²) >= 11 is 0. The van der Waals surface area contributed by atoms with Crippen LogP contribution in [0.4, 0.5) is 24.5 Å². The summed E-state index contributed by atoms with van der Waals surface area (Å²) in [7, 11) is 0. The van der Waals surface area contributed by atoms with E-state index in [0.29, 0.717) is 12.5 Å². The van der Waals surface area contributed by atoms with Crippen molar-refractivity contribution in [1.29, 1.82) is 0 Å². The fraction of sp³-hybridized carbons (Fsp3) is 0.364. The minimum Gasteiger partial charge on any atom is -0.479 e. The molecule has 0 aliphatic rings. The lowest BCUT2D eigenvalue weighted by atomic mass is 10.0. The number of hydrogen-bond donors (Lipinski definition) is 2. The normalized spacial score (nSPS) is 14.4. The van der Waals surface area contributed by atoms with Crippen LogP contribution in [0.1, 0.15) is 12.5 Å². The fourth-order valence-electron chi connectivity index (χ4n) is 1.42. The second-order valence-corrected chi connectivity index (χ2v) is 4.33. The Kier molecular flexibility index (Phi) is 3.92. The van der Waals surface area contributed by atoms with Crippen LogP contribution >= 0.6 is 0 Å². The van der Waals surface area contributed by atoms with E-state index in [1.807, 2.05) is 0 Å². The Balaban J connectivity index is 3.36. The molecule has 20 heavy (non-hydrogen) atoms. The highest BCUT2D eigenvalue weighted by Gasteiger charge is 2.58. The van der Waals surface area contributed by atoms with Gasteiger partial charge >= 0.3 is 12.1 Å². The Morgan fingerprint density at radius 3 is 2.35 bits per heavy atom. The van der Waals surface area contributed by atoms with Crippen molar-refractivity contribution < 1.29 is 28.0 Å². The van der Waals surface area contributed by atoms with Gasteiger partial charge in [0.1, 0.15) is 5.69 Å². The zero-order chi connectivity index (χ0) is 15.7. The molecule has 0 saturated carbocycles. The van der Waals surface area contributed by atoms with Gasteiger partial charge < -0.3 is 10.4 Å². The standard InChI is InChI=1S/C11H11F3N2O4/c1-6-3-4-8(16(19)20)7(5-6)15-10(2,9(17)18)11(12,13)14/h3-5,15H,1-2H3,(H,17,18). The molecular weight excluding hydrogens is 281 g/mol. The van der Waals surface area contributed by atoms with Gasteiger partial charge in [-0.05, 0) is 25.5 Å². The molecule has 1 aromatic rings. The van der Waals surface area contributed by atoms with Gasteiger partial charge in [0.15, 0.2) is 0 Å². The zero-order valence-electron chi connectivity index (χ0n) is 10.5. The van der Waals surface area contributed by atoms with Crippen LogP contribution in [-0.4, -0.2) is 27.7 Å². The Morgan fingerprint density at radius 2 is 1.95 bits per heavy atom. The van der Waals surface area contributed by atoms with Gasteiger partial charge in [-0.25, -0.2) is 4.79 Å². The fourth-order valence-corrected chi connectivity index (χ4v) is 1.42. The van der Waals surface area contributed by atoms with E-state index in [9.17, 15) is 28.1 Å². The quantitative estimate of drug-likeness (QED) is 0.657. The first kappa shape index (κ1) is 15.7. The Labute approximate surface area is 111 Å². The molecule has 0 fully saturated rings. The minimum atomic E-state index is -5.13. The summed E-state index contributed by atoms with van der Waals surface area (Å²) in [6.07, 6.45) is -5.13. The van der Waals surface area contributed by atoms with Crippen LogP contribution in [0.15, 0.2) is 18.2 Å². The molecule has 1 atom stereocenters. The number of nitrogens with zero attached hydrogens (tertiary/aromatic N) is 1. The van der Waals surface area contributed by atoms with Crippen molar-refractivity contribution in [2.24, 2.45) is 0 Å². The van der Waals surface area contributed by atoms with E-state index in [4.69, 9.17) is 5.11 Å². The van der Waals surface area contributed by atoms with Crippen LogP contribution in [0.25, 0.3) is 0 Å². The number of carbonyl (C=O) groups is 1. The lowest BCUT2D eigenvalue weighted by Gasteiger charge is -2.29. The molecule has 0 bridgehead atoms. The number of carboxylic acid groups (broad SMARTS) is 1. The third-order valence-corrected chi connectivity index (χ3v) is 2.73. The van der Waals surface area contributed by atoms with E-state index >= 15 is 0 Å². The number of alkyl halides is 3. The van der Waals surface area contributed by atoms with E-state index in [1.54, 1.807) is 5.32 Å². The monoisotopic (exact) mass is 292 g/mol. The van der Waals surface area contributed by atoms with E-state index in [2.05, 4.69) is 0 Å². The molecule has 0 aliphatic heterocycles. The van der Waals surface area contributed by atoms with Gasteiger partial charge in [0, 0.05) is 6.07 Å². The first-order chi connectivity index (χ1) is 8.99. The van der Waals surface area contributed by atoms with E-state index in [0.717, 1.165) is 12.1 Å². The second kappa shape index (κ2) is 4.99. The number of benzene rings is 1. The first-order valence-corrected chi connectivity index (χ1v) is 5.32. The lowest BCUT2D eigenvalue weighted by Crippen LogP contribution is -2.55. The molecule has 0 saturated heterocycles. The van der Waals surface area contributed by atoms with Gasteiger partial charge in [0.2, 0.25) is 5.54 Å². The highest BCUT2D eigenvalue weighted by Crippen LogP contribution is 2.36. The Morgan fingerprint density at radius 1 is 1.40 bits per heavy atom. The van der Waals surface area contributed by atoms with E-state index in [1.165, 1.54) is 13.0 Å². The maximum Gasteiger partial charge on any atom is 0.422 e. The van der Waals surface area contributed by atoms with Crippen molar-refractivity contribution >= 4 is 17.3 Å². The second-order valence-electron chi connectivity index (χ2n) is 4.33. The molecule has 0 radical (unpaired) electrons. The zero-order valence-corrected chi connectivity index (χ0v) is 10.5. The average Bonchev–Trinajstić information content (AvgIpc) is 2.26. The van der Waals surface area contributed by atoms with Crippen molar-refractivity contribution in [3.05, 3.63) is 33.9 Å². The summed E-state index contributed by atoms with van der Waals surface area (Å²) in [5.41, 5.74) is -4.01. The summed E-state index contributed by atoms with van der Waals surface area (Å²) in [4.78, 5) is 20.8. The van der Waals surface area contributed by atoms with Crippen molar-refractivity contribution in [2.45, 2.75) is 25.6 Å². The highest BCUT2D eigenvalue weighted by molar-refractivity contribution is 5.84. The van der Waals surface area contributed by atoms with Crippen molar-refractivity contribution in [2.75, 3.05) is 5.32 Å². The molecule has 6 nitrogen and oxygen atoms in total. The van der Waals surface area contributed by atoms with Gasteiger partial charge in [-0.15, -0.1) is 0 Å². The third kappa shape index (κ3) is 2.81. The maximum absolute atomic E-state index is 12.9.